The van der Waals surface area contributed by atoms with Crippen molar-refractivity contribution in [2.75, 3.05) is 13.2 Å². The molecule has 4 aliphatic rings. The normalized spacial score (nSPS) is 21.1. The summed E-state index contributed by atoms with van der Waals surface area (Å²) in [5.41, 5.74) is 5.87. The molecule has 192 valence electrons. The number of fused-ring (bicyclic) bond motifs is 5. The van der Waals surface area contributed by atoms with E-state index in [2.05, 4.69) is 34.1 Å². The van der Waals surface area contributed by atoms with E-state index < -0.39 is 18.0 Å². The Balaban J connectivity index is 1.04. The molecule has 3 aliphatic carbocycles. The van der Waals surface area contributed by atoms with Gasteiger partial charge in [0.25, 0.3) is 0 Å². The molecule has 0 bridgehead atoms. The number of esters is 1. The van der Waals surface area contributed by atoms with Gasteiger partial charge in [0.2, 0.25) is 0 Å². The van der Waals surface area contributed by atoms with Gasteiger partial charge in [0.1, 0.15) is 6.04 Å². The van der Waals surface area contributed by atoms with E-state index in [0.29, 0.717) is 24.1 Å². The van der Waals surface area contributed by atoms with Crippen molar-refractivity contribution in [3.8, 4) is 11.1 Å². The molecule has 6 nitrogen and oxygen atoms in total. The van der Waals surface area contributed by atoms with Crippen molar-refractivity contribution in [3.05, 3.63) is 93.5 Å². The minimum Gasteiger partial charge on any atom is -0.456 e. The Bertz CT molecular complexity index is 1490. The summed E-state index contributed by atoms with van der Waals surface area (Å²) in [7, 11) is 0. The van der Waals surface area contributed by atoms with Crippen molar-refractivity contribution in [2.45, 2.75) is 43.6 Å². The van der Waals surface area contributed by atoms with Crippen LogP contribution in [0.4, 0.5) is 0 Å². The van der Waals surface area contributed by atoms with Crippen molar-refractivity contribution >= 4 is 33.7 Å². The molecule has 1 saturated heterocycles. The fourth-order valence-corrected chi connectivity index (χ4v) is 6.57. The number of carbonyl (C=O) groups excluding carboxylic acids is 3. The van der Waals surface area contributed by atoms with Crippen LogP contribution in [0.2, 0.25) is 0 Å². The van der Waals surface area contributed by atoms with Crippen LogP contribution in [0.25, 0.3) is 11.1 Å². The summed E-state index contributed by atoms with van der Waals surface area (Å²) in [5, 5.41) is 1.46. The first-order chi connectivity index (χ1) is 18.4. The molecular weight excluding hydrogens is 546 g/mol. The second-order valence-corrected chi connectivity index (χ2v) is 12.0. The Hall–Kier alpha value is -3.29. The number of halogens is 1. The minimum absolute atomic E-state index is 0.00672. The molecule has 7 rings (SSSR count). The zero-order valence-electron chi connectivity index (χ0n) is 20.7. The van der Waals surface area contributed by atoms with Gasteiger partial charge in [-0.2, -0.15) is 0 Å². The standard InChI is InChI=1S/C31H26BrNO5/c32-21-7-9-23-22-8-6-20(14-24(22)31(12-13-31)25(23)15-21)27(34)17-37-29(36)26-16-30(10-11-30)18-33(26)38-28(35)19-4-2-1-3-5-19/h1-9,14-15,26H,10-13,16-18H2/t26-/m0/s1. The van der Waals surface area contributed by atoms with Crippen molar-refractivity contribution in [1.29, 1.82) is 0 Å². The van der Waals surface area contributed by atoms with Crippen LogP contribution < -0.4 is 0 Å². The van der Waals surface area contributed by atoms with Gasteiger partial charge in [-0.3, -0.25) is 9.59 Å². The highest BCUT2D eigenvalue weighted by molar-refractivity contribution is 9.10. The van der Waals surface area contributed by atoms with E-state index in [9.17, 15) is 14.4 Å². The molecule has 3 aromatic rings. The van der Waals surface area contributed by atoms with Gasteiger partial charge in [-0.1, -0.05) is 52.3 Å². The van der Waals surface area contributed by atoms with Gasteiger partial charge in [0.15, 0.2) is 12.4 Å². The number of hydrogen-bond donors (Lipinski definition) is 0. The molecule has 0 unspecified atom stereocenters. The van der Waals surface area contributed by atoms with Crippen LogP contribution in [0, 0.1) is 5.41 Å². The molecule has 0 N–H and O–H groups in total. The van der Waals surface area contributed by atoms with Gasteiger partial charge < -0.3 is 9.57 Å². The maximum Gasteiger partial charge on any atom is 0.357 e. The molecule has 2 spiro atoms. The third-order valence-corrected chi connectivity index (χ3v) is 9.14. The zero-order chi connectivity index (χ0) is 26.1. The largest absolute Gasteiger partial charge is 0.456 e. The minimum atomic E-state index is -0.708. The predicted molar refractivity (Wildman–Crippen MR) is 144 cm³/mol. The topological polar surface area (TPSA) is 72.9 Å². The summed E-state index contributed by atoms with van der Waals surface area (Å²) in [5.74, 6) is -1.27. The number of hydrogen-bond acceptors (Lipinski definition) is 6. The lowest BCUT2D eigenvalue weighted by Crippen LogP contribution is -2.39. The predicted octanol–water partition coefficient (Wildman–Crippen LogP) is 5.86. The Morgan fingerprint density at radius 2 is 1.58 bits per heavy atom. The van der Waals surface area contributed by atoms with E-state index in [4.69, 9.17) is 9.57 Å². The highest BCUT2D eigenvalue weighted by Crippen LogP contribution is 2.63. The zero-order valence-corrected chi connectivity index (χ0v) is 22.3. The average Bonchev–Trinajstić information content (AvgIpc) is 3.83. The number of Topliss-reactive ketones (excluding diaryl/α,β-unsaturated/α-hetero) is 1. The summed E-state index contributed by atoms with van der Waals surface area (Å²) in [6.45, 7) is 0.163. The van der Waals surface area contributed by atoms with Gasteiger partial charge in [0, 0.05) is 22.0 Å². The molecule has 38 heavy (non-hydrogen) atoms. The van der Waals surface area contributed by atoms with E-state index in [-0.39, 0.29) is 23.2 Å². The molecule has 3 aromatic carbocycles. The number of rotatable bonds is 6. The molecule has 0 amide bonds. The van der Waals surface area contributed by atoms with Gasteiger partial charge >= 0.3 is 11.9 Å². The summed E-state index contributed by atoms with van der Waals surface area (Å²) >= 11 is 3.60. The number of ketones is 1. The number of carbonyl (C=O) groups is 3. The molecule has 0 aromatic heterocycles. The Kier molecular flexibility index (Phi) is 5.39. The van der Waals surface area contributed by atoms with Crippen LogP contribution in [-0.2, 0) is 19.8 Å². The van der Waals surface area contributed by atoms with Crippen LogP contribution in [0.3, 0.4) is 0 Å². The van der Waals surface area contributed by atoms with Crippen molar-refractivity contribution in [3.63, 3.8) is 0 Å². The van der Waals surface area contributed by atoms with Crippen LogP contribution in [0.5, 0.6) is 0 Å². The average molecular weight is 572 g/mol. The molecule has 3 fully saturated rings. The van der Waals surface area contributed by atoms with Crippen LogP contribution in [-0.4, -0.2) is 42.0 Å². The second-order valence-electron chi connectivity index (χ2n) is 11.1. The first-order valence-electron chi connectivity index (χ1n) is 13.1. The highest BCUT2D eigenvalue weighted by atomic mass is 79.9. The molecule has 1 atom stereocenters. The Morgan fingerprint density at radius 1 is 0.868 bits per heavy atom. The van der Waals surface area contributed by atoms with Crippen molar-refractivity contribution in [1.82, 2.24) is 5.06 Å². The first kappa shape index (κ1) is 23.8. The van der Waals surface area contributed by atoms with Gasteiger partial charge in [-0.15, -0.1) is 5.06 Å². The fourth-order valence-electron chi connectivity index (χ4n) is 6.21. The molecule has 7 heteroatoms. The lowest BCUT2D eigenvalue weighted by atomic mass is 9.92. The van der Waals surface area contributed by atoms with Crippen LogP contribution in [0.15, 0.2) is 71.2 Å². The monoisotopic (exact) mass is 571 g/mol. The lowest BCUT2D eigenvalue weighted by Gasteiger charge is -2.21. The Labute approximate surface area is 229 Å². The number of hydroxylamine groups is 2. The maximum atomic E-state index is 13.1. The van der Waals surface area contributed by atoms with Gasteiger partial charge in [-0.05, 0) is 90.1 Å². The molecule has 1 heterocycles. The SMILES string of the molecule is O=C(COC(=O)[C@@H]1CC2(CC2)CN1OC(=O)c1ccccc1)c1ccc2c(c1)C1(CC1)c1cc(Br)ccc1-2. The summed E-state index contributed by atoms with van der Waals surface area (Å²) in [6.07, 6.45) is 4.68. The van der Waals surface area contributed by atoms with Gasteiger partial charge in [-0.25, -0.2) is 4.79 Å². The van der Waals surface area contributed by atoms with Crippen molar-refractivity contribution in [2.24, 2.45) is 5.41 Å². The summed E-state index contributed by atoms with van der Waals surface area (Å²) in [6, 6.07) is 20.2. The van der Waals surface area contributed by atoms with E-state index >= 15 is 0 Å². The highest BCUT2D eigenvalue weighted by Gasteiger charge is 2.56. The van der Waals surface area contributed by atoms with E-state index in [1.165, 1.54) is 27.3 Å². The maximum absolute atomic E-state index is 13.1. The second kappa shape index (κ2) is 8.61. The number of benzene rings is 3. The summed E-state index contributed by atoms with van der Waals surface area (Å²) in [4.78, 5) is 44.5. The van der Waals surface area contributed by atoms with Crippen LogP contribution in [0.1, 0.15) is 63.9 Å². The fraction of sp³-hybridized carbons (Fsp3) is 0.323. The third-order valence-electron chi connectivity index (χ3n) is 8.64. The Morgan fingerprint density at radius 3 is 2.29 bits per heavy atom. The van der Waals surface area contributed by atoms with E-state index in [1.807, 2.05) is 24.3 Å². The van der Waals surface area contributed by atoms with E-state index in [1.54, 1.807) is 24.3 Å². The molecule has 2 saturated carbocycles. The third kappa shape index (κ3) is 3.91. The van der Waals surface area contributed by atoms with Crippen molar-refractivity contribution < 1.29 is 24.0 Å². The number of nitrogens with zero attached hydrogens (tertiary/aromatic N) is 1. The molecule has 1 aliphatic heterocycles. The smallest absolute Gasteiger partial charge is 0.357 e. The van der Waals surface area contributed by atoms with Crippen LogP contribution >= 0.6 is 15.9 Å². The first-order valence-corrected chi connectivity index (χ1v) is 13.9. The quantitative estimate of drug-likeness (QED) is 0.272. The van der Waals surface area contributed by atoms with E-state index in [0.717, 1.165) is 30.2 Å². The molecular formula is C31H26BrNO5. The van der Waals surface area contributed by atoms with Gasteiger partial charge in [0.05, 0.1) is 5.56 Å². The lowest BCUT2D eigenvalue weighted by molar-refractivity contribution is -0.167. The molecule has 0 radical (unpaired) electrons. The summed E-state index contributed by atoms with van der Waals surface area (Å²) < 4.78 is 6.58. The number of ether oxygens (including phenoxy) is 1.